The molecule has 0 amide bonds. The lowest BCUT2D eigenvalue weighted by Gasteiger charge is -2.19. The Morgan fingerprint density at radius 1 is 0.920 bits per heavy atom. The molecule has 0 aromatic heterocycles. The lowest BCUT2D eigenvalue weighted by molar-refractivity contribution is -0.385. The summed E-state index contributed by atoms with van der Waals surface area (Å²) in [5.74, 6) is 0.172. The van der Waals surface area contributed by atoms with Gasteiger partial charge in [0.25, 0.3) is 0 Å². The SMILES string of the molecule is COc1cc(C(c2ccccc2)c2ccc(Cl)cc2)ccc1[N+](=O)[O-]. The first-order chi connectivity index (χ1) is 12.1. The fraction of sp³-hybridized carbons (Fsp3) is 0.100. The number of nitro benzene ring substituents is 1. The zero-order valence-electron chi connectivity index (χ0n) is 13.6. The predicted octanol–water partition coefficient (Wildman–Crippen LogP) is 5.44. The van der Waals surface area contributed by atoms with Gasteiger partial charge in [-0.1, -0.05) is 60.1 Å². The molecule has 0 aliphatic carbocycles. The molecule has 0 spiro atoms. The summed E-state index contributed by atoms with van der Waals surface area (Å²) in [6.07, 6.45) is 0. The normalized spacial score (nSPS) is 11.8. The van der Waals surface area contributed by atoms with Crippen LogP contribution in [-0.4, -0.2) is 12.0 Å². The minimum atomic E-state index is -0.442. The van der Waals surface area contributed by atoms with E-state index in [4.69, 9.17) is 16.3 Å². The van der Waals surface area contributed by atoms with E-state index in [9.17, 15) is 10.1 Å². The number of halogens is 1. The van der Waals surface area contributed by atoms with Gasteiger partial charge >= 0.3 is 5.69 Å². The Labute approximate surface area is 150 Å². The number of nitro groups is 1. The number of hydrogen-bond acceptors (Lipinski definition) is 3. The van der Waals surface area contributed by atoms with Gasteiger partial charge in [-0.15, -0.1) is 0 Å². The molecule has 5 heteroatoms. The van der Waals surface area contributed by atoms with Crippen LogP contribution in [0.2, 0.25) is 5.02 Å². The number of methoxy groups -OCH3 is 1. The van der Waals surface area contributed by atoms with E-state index in [0.717, 1.165) is 16.7 Å². The number of benzene rings is 3. The lowest BCUT2D eigenvalue weighted by atomic mass is 9.85. The predicted molar refractivity (Wildman–Crippen MR) is 98.5 cm³/mol. The Hall–Kier alpha value is -2.85. The summed E-state index contributed by atoms with van der Waals surface area (Å²) in [5.41, 5.74) is 3.00. The maximum atomic E-state index is 11.2. The summed E-state index contributed by atoms with van der Waals surface area (Å²) >= 11 is 6.02. The topological polar surface area (TPSA) is 52.4 Å². The minimum Gasteiger partial charge on any atom is -0.490 e. The van der Waals surface area contributed by atoms with Crippen LogP contribution in [0.3, 0.4) is 0 Å². The van der Waals surface area contributed by atoms with Gasteiger partial charge in [-0.05, 0) is 34.9 Å². The van der Waals surface area contributed by atoms with E-state index in [1.54, 1.807) is 12.1 Å². The Bertz CT molecular complexity index is 879. The molecule has 4 nitrogen and oxygen atoms in total. The third-order valence-electron chi connectivity index (χ3n) is 4.07. The highest BCUT2D eigenvalue weighted by Crippen LogP contribution is 2.37. The zero-order chi connectivity index (χ0) is 17.8. The van der Waals surface area contributed by atoms with Gasteiger partial charge in [0, 0.05) is 17.0 Å². The third kappa shape index (κ3) is 3.64. The van der Waals surface area contributed by atoms with E-state index in [2.05, 4.69) is 0 Å². The smallest absolute Gasteiger partial charge is 0.310 e. The Morgan fingerprint density at radius 3 is 2.12 bits per heavy atom. The summed E-state index contributed by atoms with van der Waals surface area (Å²) in [4.78, 5) is 10.7. The highest BCUT2D eigenvalue weighted by Gasteiger charge is 2.21. The number of hydrogen-bond donors (Lipinski definition) is 0. The van der Waals surface area contributed by atoms with Crippen molar-refractivity contribution in [1.29, 1.82) is 0 Å². The second-order valence-corrected chi connectivity index (χ2v) is 6.02. The summed E-state index contributed by atoms with van der Waals surface area (Å²) in [6.45, 7) is 0. The second kappa shape index (κ2) is 7.36. The van der Waals surface area contributed by atoms with E-state index in [1.807, 2.05) is 54.6 Å². The molecule has 3 aromatic carbocycles. The van der Waals surface area contributed by atoms with Crippen LogP contribution < -0.4 is 4.74 Å². The molecule has 0 saturated heterocycles. The van der Waals surface area contributed by atoms with E-state index < -0.39 is 4.92 Å². The van der Waals surface area contributed by atoms with Crippen molar-refractivity contribution in [2.45, 2.75) is 5.92 Å². The van der Waals surface area contributed by atoms with Crippen LogP contribution in [0, 0.1) is 10.1 Å². The molecule has 0 N–H and O–H groups in total. The molecule has 3 aromatic rings. The Balaban J connectivity index is 2.15. The highest BCUT2D eigenvalue weighted by molar-refractivity contribution is 6.30. The van der Waals surface area contributed by atoms with Gasteiger partial charge in [-0.2, -0.15) is 0 Å². The highest BCUT2D eigenvalue weighted by atomic mass is 35.5. The standard InChI is InChI=1S/C20H16ClNO3/c1-25-19-13-16(9-12-18(19)22(23)24)20(14-5-3-2-4-6-14)15-7-10-17(21)11-8-15/h2-13,20H,1H3. The Morgan fingerprint density at radius 2 is 1.52 bits per heavy atom. The summed E-state index contributed by atoms with van der Waals surface area (Å²) < 4.78 is 5.23. The number of ether oxygens (including phenoxy) is 1. The molecule has 0 bridgehead atoms. The monoisotopic (exact) mass is 353 g/mol. The van der Waals surface area contributed by atoms with Gasteiger partial charge in [-0.25, -0.2) is 0 Å². The van der Waals surface area contributed by atoms with Gasteiger partial charge in [-0.3, -0.25) is 10.1 Å². The van der Waals surface area contributed by atoms with E-state index in [-0.39, 0.29) is 17.4 Å². The van der Waals surface area contributed by atoms with Crippen molar-refractivity contribution in [2.24, 2.45) is 0 Å². The quantitative estimate of drug-likeness (QED) is 0.349. The average Bonchev–Trinajstić information content (AvgIpc) is 2.64. The molecular formula is C20H16ClNO3. The van der Waals surface area contributed by atoms with Crippen LogP contribution in [0.25, 0.3) is 0 Å². The van der Waals surface area contributed by atoms with Crippen LogP contribution in [-0.2, 0) is 0 Å². The first-order valence-electron chi connectivity index (χ1n) is 7.73. The van der Waals surface area contributed by atoms with Crippen LogP contribution >= 0.6 is 11.6 Å². The molecule has 25 heavy (non-hydrogen) atoms. The molecule has 1 unspecified atom stereocenters. The molecule has 0 aliphatic rings. The molecule has 0 radical (unpaired) electrons. The van der Waals surface area contributed by atoms with Crippen molar-refractivity contribution >= 4 is 17.3 Å². The lowest BCUT2D eigenvalue weighted by Crippen LogP contribution is -2.04. The third-order valence-corrected chi connectivity index (χ3v) is 4.32. The van der Waals surface area contributed by atoms with Gasteiger partial charge in [0.1, 0.15) is 0 Å². The van der Waals surface area contributed by atoms with Crippen molar-refractivity contribution in [3.63, 3.8) is 0 Å². The zero-order valence-corrected chi connectivity index (χ0v) is 14.3. The maximum absolute atomic E-state index is 11.2. The molecule has 1 atom stereocenters. The van der Waals surface area contributed by atoms with Crippen molar-refractivity contribution < 1.29 is 9.66 Å². The molecule has 126 valence electrons. The summed E-state index contributed by atoms with van der Waals surface area (Å²) in [7, 11) is 1.44. The first-order valence-corrected chi connectivity index (χ1v) is 8.10. The largest absolute Gasteiger partial charge is 0.490 e. The number of rotatable bonds is 5. The van der Waals surface area contributed by atoms with E-state index in [0.29, 0.717) is 5.02 Å². The van der Waals surface area contributed by atoms with Crippen LogP contribution in [0.15, 0.2) is 72.8 Å². The molecule has 0 aliphatic heterocycles. The summed E-state index contributed by atoms with van der Waals surface area (Å²) in [6, 6.07) is 22.6. The number of nitrogens with zero attached hydrogens (tertiary/aromatic N) is 1. The van der Waals surface area contributed by atoms with Gasteiger partial charge < -0.3 is 4.74 Å². The van der Waals surface area contributed by atoms with Gasteiger partial charge in [0.05, 0.1) is 12.0 Å². The van der Waals surface area contributed by atoms with E-state index >= 15 is 0 Å². The van der Waals surface area contributed by atoms with Crippen molar-refractivity contribution in [1.82, 2.24) is 0 Å². The first kappa shape index (κ1) is 17.0. The minimum absolute atomic E-state index is 0.0471. The molecule has 0 saturated carbocycles. The summed E-state index contributed by atoms with van der Waals surface area (Å²) in [5, 5.41) is 11.8. The molecule has 0 fully saturated rings. The fourth-order valence-electron chi connectivity index (χ4n) is 2.90. The fourth-order valence-corrected chi connectivity index (χ4v) is 3.03. The maximum Gasteiger partial charge on any atom is 0.310 e. The van der Waals surface area contributed by atoms with E-state index in [1.165, 1.54) is 13.2 Å². The van der Waals surface area contributed by atoms with Crippen molar-refractivity contribution in [2.75, 3.05) is 7.11 Å². The molecular weight excluding hydrogens is 338 g/mol. The van der Waals surface area contributed by atoms with Gasteiger partial charge in [0.15, 0.2) is 5.75 Å². The Kier molecular flexibility index (Phi) is 5.00. The molecule has 0 heterocycles. The van der Waals surface area contributed by atoms with Crippen molar-refractivity contribution in [3.05, 3.63) is 105 Å². The van der Waals surface area contributed by atoms with Crippen molar-refractivity contribution in [3.8, 4) is 5.75 Å². The van der Waals surface area contributed by atoms with Crippen LogP contribution in [0.5, 0.6) is 5.75 Å². The van der Waals surface area contributed by atoms with Gasteiger partial charge in [0.2, 0.25) is 0 Å². The second-order valence-electron chi connectivity index (χ2n) is 5.58. The average molecular weight is 354 g/mol. The van der Waals surface area contributed by atoms with Crippen LogP contribution in [0.4, 0.5) is 5.69 Å². The molecule has 3 rings (SSSR count). The van der Waals surface area contributed by atoms with Crippen LogP contribution in [0.1, 0.15) is 22.6 Å².